The first-order valence-corrected chi connectivity index (χ1v) is 11.9. The molecule has 4 rings (SSSR count). The Balaban J connectivity index is 0.000000331. The largest absolute Gasteiger partial charge is 0.490 e. The van der Waals surface area contributed by atoms with E-state index in [1.807, 2.05) is 12.4 Å². The van der Waals surface area contributed by atoms with Gasteiger partial charge in [-0.15, -0.1) is 0 Å². The van der Waals surface area contributed by atoms with Gasteiger partial charge in [-0.25, -0.2) is 20.2 Å². The molecule has 1 aromatic heterocycles. The third kappa shape index (κ3) is 6.00. The number of halogens is 1. The molecule has 178 valence electrons. The molecule has 0 fully saturated rings. The Bertz CT molecular complexity index is 998. The first-order valence-electron chi connectivity index (χ1n) is 10.9. The van der Waals surface area contributed by atoms with Crippen molar-refractivity contribution in [3.63, 3.8) is 0 Å². The fourth-order valence-electron chi connectivity index (χ4n) is 3.81. The number of nitrogens with two attached hydrogens (primary N) is 2. The van der Waals surface area contributed by atoms with Crippen LogP contribution >= 0.6 is 11.8 Å². The van der Waals surface area contributed by atoms with Crippen LogP contribution in [0.3, 0.4) is 0 Å². The lowest BCUT2D eigenvalue weighted by molar-refractivity contribution is -0.130. The van der Waals surface area contributed by atoms with Crippen molar-refractivity contribution < 1.29 is 13.9 Å². The molecule has 2 aromatic rings. The van der Waals surface area contributed by atoms with Crippen molar-refractivity contribution >= 4 is 22.8 Å². The van der Waals surface area contributed by atoms with Crippen molar-refractivity contribution in [1.82, 2.24) is 15.4 Å². The normalized spacial score (nSPS) is 21.4. The molecule has 0 saturated heterocycles. The summed E-state index contributed by atoms with van der Waals surface area (Å²) in [4.78, 5) is 23.3. The van der Waals surface area contributed by atoms with E-state index in [4.69, 9.17) is 15.5 Å². The molecule has 1 spiro atoms. The van der Waals surface area contributed by atoms with Crippen LogP contribution in [0, 0.1) is 0 Å². The van der Waals surface area contributed by atoms with Gasteiger partial charge in [0.15, 0.2) is 10.8 Å². The van der Waals surface area contributed by atoms with E-state index >= 15 is 0 Å². The maximum atomic E-state index is 12.3. The number of benzene rings is 1. The number of thioether (sulfide) groups is 1. The fraction of sp³-hybridized carbons (Fsp3) is 0.478. The highest BCUT2D eigenvalue weighted by Crippen LogP contribution is 2.49. The first kappa shape index (κ1) is 24.9. The average molecular weight is 475 g/mol. The molecule has 5 N–H and O–H groups in total. The van der Waals surface area contributed by atoms with Gasteiger partial charge in [-0.05, 0) is 38.0 Å². The van der Waals surface area contributed by atoms with Crippen LogP contribution in [-0.4, -0.2) is 38.6 Å². The Labute approximate surface area is 197 Å². The summed E-state index contributed by atoms with van der Waals surface area (Å²) in [5, 5.41) is 0.676. The summed E-state index contributed by atoms with van der Waals surface area (Å²) >= 11 is 1.64. The van der Waals surface area contributed by atoms with Gasteiger partial charge >= 0.3 is 0 Å². The van der Waals surface area contributed by atoms with E-state index in [-0.39, 0.29) is 11.6 Å². The lowest BCUT2D eigenvalue weighted by atomic mass is 9.81. The van der Waals surface area contributed by atoms with Gasteiger partial charge in [0, 0.05) is 35.7 Å². The maximum absolute atomic E-state index is 12.3. The van der Waals surface area contributed by atoms with Gasteiger partial charge < -0.3 is 10.5 Å². The average Bonchev–Trinajstić information content (AvgIpc) is 3.17. The third-order valence-corrected chi connectivity index (χ3v) is 6.58. The number of hydrazine groups is 1. The van der Waals surface area contributed by atoms with Gasteiger partial charge in [-0.1, -0.05) is 37.6 Å². The van der Waals surface area contributed by atoms with Gasteiger partial charge in [0.05, 0.1) is 0 Å². The Hall–Kier alpha value is -2.72. The Morgan fingerprint density at radius 1 is 1.33 bits per heavy atom. The fourth-order valence-corrected chi connectivity index (χ4v) is 4.77. The molecule has 2 aliphatic heterocycles. The van der Waals surface area contributed by atoms with Crippen LogP contribution in [-0.2, 0) is 10.3 Å². The van der Waals surface area contributed by atoms with Crippen LogP contribution in [0.5, 0.6) is 5.75 Å². The summed E-state index contributed by atoms with van der Waals surface area (Å²) in [6, 6.07) is 6.31. The van der Waals surface area contributed by atoms with Crippen LogP contribution in [0.1, 0.15) is 52.0 Å². The van der Waals surface area contributed by atoms with Crippen LogP contribution in [0.15, 0.2) is 41.9 Å². The number of hydrogen-bond acceptors (Lipinski definition) is 8. The molecular formula is C23H31FN6O2S. The molecule has 2 atom stereocenters. The predicted molar refractivity (Wildman–Crippen MR) is 129 cm³/mol. The molecule has 3 heterocycles. The number of nitrogens with zero attached hydrogens (tertiary/aromatic N) is 3. The molecule has 1 amide bonds. The second kappa shape index (κ2) is 10.5. The minimum Gasteiger partial charge on any atom is -0.490 e. The van der Waals surface area contributed by atoms with Crippen LogP contribution in [0.4, 0.5) is 4.39 Å². The van der Waals surface area contributed by atoms with Gasteiger partial charge in [0.1, 0.15) is 23.7 Å². The Morgan fingerprint density at radius 2 is 2.06 bits per heavy atom. The molecule has 0 bridgehead atoms. The number of amidine groups is 1. The number of ether oxygens (including phenoxy) is 1. The molecular weight excluding hydrogens is 443 g/mol. The number of carbonyl (C=O) groups is 1. The topological polar surface area (TPSA) is 129 Å². The number of carbonyl (C=O) groups excluding carboxylic acids is 1. The third-order valence-electron chi connectivity index (χ3n) is 5.57. The Morgan fingerprint density at radius 3 is 2.61 bits per heavy atom. The van der Waals surface area contributed by atoms with Gasteiger partial charge in [-0.3, -0.25) is 15.2 Å². The molecule has 2 aliphatic rings. The van der Waals surface area contributed by atoms with Crippen molar-refractivity contribution in [3.05, 3.63) is 42.5 Å². The van der Waals surface area contributed by atoms with Crippen molar-refractivity contribution in [1.29, 1.82) is 0 Å². The first-order chi connectivity index (χ1) is 15.7. The molecule has 1 aromatic carbocycles. The van der Waals surface area contributed by atoms with E-state index in [0.717, 1.165) is 54.9 Å². The second-order valence-corrected chi connectivity index (χ2v) is 9.64. The quantitative estimate of drug-likeness (QED) is 0.344. The number of hydrogen-bond donors (Lipinski definition) is 3. The monoisotopic (exact) mass is 474 g/mol. The summed E-state index contributed by atoms with van der Waals surface area (Å²) in [6.45, 7) is 4.48. The summed E-state index contributed by atoms with van der Waals surface area (Å²) in [5.41, 5.74) is 8.81. The van der Waals surface area contributed by atoms with Crippen LogP contribution in [0.25, 0.3) is 11.1 Å². The summed E-state index contributed by atoms with van der Waals surface area (Å²) in [6.07, 6.45) is 9.70. The zero-order chi connectivity index (χ0) is 24.1. The van der Waals surface area contributed by atoms with Gasteiger partial charge in [-0.2, -0.15) is 0 Å². The molecule has 0 aliphatic carbocycles. The van der Waals surface area contributed by atoms with Crippen molar-refractivity contribution in [3.8, 4) is 16.9 Å². The summed E-state index contributed by atoms with van der Waals surface area (Å²) in [7, 11) is 0. The van der Waals surface area contributed by atoms with Crippen molar-refractivity contribution in [2.24, 2.45) is 16.6 Å². The molecule has 33 heavy (non-hydrogen) atoms. The number of alkyl halides is 1. The van der Waals surface area contributed by atoms with Crippen LogP contribution in [0.2, 0.25) is 0 Å². The SMILES string of the molecule is CC(C)(F)C(=O)NN.CCCC[C@H]1CC2(CSC(N)=N2)c2cc(-c3cncnc3)ccc2O1. The number of fused-ring (bicyclic) bond motifs is 2. The molecule has 0 radical (unpaired) electrons. The van der Waals surface area contributed by atoms with Crippen molar-refractivity contribution in [2.75, 3.05) is 5.75 Å². The summed E-state index contributed by atoms with van der Waals surface area (Å²) < 4.78 is 18.6. The van der Waals surface area contributed by atoms with E-state index < -0.39 is 11.6 Å². The number of aliphatic imine (C=N–C) groups is 1. The number of nitrogens with one attached hydrogen (secondary N) is 1. The highest BCUT2D eigenvalue weighted by molar-refractivity contribution is 8.14. The van der Waals surface area contributed by atoms with Crippen molar-refractivity contribution in [2.45, 2.75) is 63.8 Å². The second-order valence-electron chi connectivity index (χ2n) is 8.64. The molecule has 0 saturated carbocycles. The highest BCUT2D eigenvalue weighted by Gasteiger charge is 2.44. The zero-order valence-electron chi connectivity index (χ0n) is 19.2. The minimum absolute atomic E-state index is 0.202. The van der Waals surface area contributed by atoms with E-state index in [1.165, 1.54) is 12.8 Å². The highest BCUT2D eigenvalue weighted by atomic mass is 32.2. The Kier molecular flexibility index (Phi) is 7.91. The van der Waals surface area contributed by atoms with Crippen LogP contribution < -0.4 is 21.7 Å². The maximum Gasteiger partial charge on any atom is 0.270 e. The number of amides is 1. The van der Waals surface area contributed by atoms with Gasteiger partial charge in [0.2, 0.25) is 0 Å². The minimum atomic E-state index is -1.87. The summed E-state index contributed by atoms with van der Waals surface area (Å²) in [5.74, 6) is 5.63. The zero-order valence-corrected chi connectivity index (χ0v) is 20.0. The lowest BCUT2D eigenvalue weighted by Crippen LogP contribution is -2.42. The smallest absolute Gasteiger partial charge is 0.270 e. The molecule has 8 nitrogen and oxygen atoms in total. The van der Waals surface area contributed by atoms with E-state index in [2.05, 4.69) is 40.9 Å². The van der Waals surface area contributed by atoms with E-state index in [1.54, 1.807) is 23.5 Å². The number of aromatic nitrogens is 2. The molecule has 10 heteroatoms. The van der Waals surface area contributed by atoms with E-state index in [9.17, 15) is 9.18 Å². The van der Waals surface area contributed by atoms with E-state index in [0.29, 0.717) is 5.17 Å². The standard InChI is InChI=1S/C19H22N4OS.C4H9FN2O/c1-2-3-4-15-8-19(11-25-18(20)23-19)16-7-13(5-6-17(16)24-15)14-9-21-12-22-10-14;1-4(2,5)3(8)7-6/h5-7,9-10,12,15H,2-4,8,11H2,1H3,(H2,20,23);6H2,1-2H3,(H,7,8)/t15-,19?;/m0./s1. The number of unbranched alkanes of at least 4 members (excludes halogenated alkanes) is 1. The van der Waals surface area contributed by atoms with Gasteiger partial charge in [0.25, 0.3) is 5.91 Å². The predicted octanol–water partition coefficient (Wildman–Crippen LogP) is 3.47. The number of rotatable bonds is 5. The lowest BCUT2D eigenvalue weighted by Gasteiger charge is -2.38. The molecule has 1 unspecified atom stereocenters.